The van der Waals surface area contributed by atoms with Crippen molar-refractivity contribution in [3.63, 3.8) is 0 Å². The van der Waals surface area contributed by atoms with E-state index in [2.05, 4.69) is 5.32 Å². The van der Waals surface area contributed by atoms with E-state index in [-0.39, 0.29) is 11.3 Å². The molecule has 2 aromatic carbocycles. The largest absolute Gasteiger partial charge is 0.375 e. The number of hydrogen-bond donors (Lipinski definition) is 1. The average molecular weight is 294 g/mol. The predicted molar refractivity (Wildman–Crippen MR) is 75.0 cm³/mol. The second-order valence-corrected chi connectivity index (χ2v) is 4.64. The molecule has 0 bridgehead atoms. The molecule has 2 aromatic rings. The van der Waals surface area contributed by atoms with E-state index in [1.165, 1.54) is 12.1 Å². The quantitative estimate of drug-likeness (QED) is 0.940. The van der Waals surface area contributed by atoms with E-state index in [1.54, 1.807) is 19.0 Å². The SMILES string of the molecule is CN(C)c1ccc(C(=O)Nc2cc(F)ccc2F)cc1F. The maximum Gasteiger partial charge on any atom is 0.255 e. The number of nitrogens with zero attached hydrogens (tertiary/aromatic N) is 1. The van der Waals surface area contributed by atoms with Crippen LogP contribution in [0.3, 0.4) is 0 Å². The third-order valence-electron chi connectivity index (χ3n) is 2.87. The first-order valence-electron chi connectivity index (χ1n) is 6.12. The summed E-state index contributed by atoms with van der Waals surface area (Å²) in [6, 6.07) is 6.59. The summed E-state index contributed by atoms with van der Waals surface area (Å²) in [5.41, 5.74) is 0.0438. The third-order valence-corrected chi connectivity index (χ3v) is 2.87. The van der Waals surface area contributed by atoms with Gasteiger partial charge in [0.2, 0.25) is 0 Å². The summed E-state index contributed by atoms with van der Waals surface area (Å²) in [4.78, 5) is 13.5. The van der Waals surface area contributed by atoms with Crippen molar-refractivity contribution in [1.82, 2.24) is 0 Å². The number of carbonyl (C=O) groups excluding carboxylic acids is 1. The first kappa shape index (κ1) is 14.9. The number of rotatable bonds is 3. The maximum absolute atomic E-state index is 13.8. The van der Waals surface area contributed by atoms with Crippen molar-refractivity contribution in [1.29, 1.82) is 0 Å². The molecule has 0 aliphatic rings. The molecule has 0 saturated heterocycles. The second-order valence-electron chi connectivity index (χ2n) is 4.64. The molecule has 0 spiro atoms. The molecule has 0 aliphatic heterocycles. The van der Waals surface area contributed by atoms with Crippen LogP contribution < -0.4 is 10.2 Å². The number of carbonyl (C=O) groups is 1. The summed E-state index contributed by atoms with van der Waals surface area (Å²) >= 11 is 0. The fraction of sp³-hybridized carbons (Fsp3) is 0.133. The number of benzene rings is 2. The molecule has 0 aliphatic carbocycles. The molecule has 0 atom stereocenters. The van der Waals surface area contributed by atoms with Crippen molar-refractivity contribution in [2.24, 2.45) is 0 Å². The Morgan fingerprint density at radius 3 is 2.33 bits per heavy atom. The van der Waals surface area contributed by atoms with Crippen LogP contribution in [0.2, 0.25) is 0 Å². The Hall–Kier alpha value is -2.50. The van der Waals surface area contributed by atoms with Crippen LogP contribution >= 0.6 is 0 Å². The van der Waals surface area contributed by atoms with Crippen LogP contribution in [0, 0.1) is 17.5 Å². The van der Waals surface area contributed by atoms with Crippen molar-refractivity contribution in [3.8, 4) is 0 Å². The van der Waals surface area contributed by atoms with Crippen molar-refractivity contribution < 1.29 is 18.0 Å². The Kier molecular flexibility index (Phi) is 4.16. The lowest BCUT2D eigenvalue weighted by Gasteiger charge is -2.14. The average Bonchev–Trinajstić information content (AvgIpc) is 2.42. The summed E-state index contributed by atoms with van der Waals surface area (Å²) in [6.07, 6.45) is 0. The molecule has 0 unspecified atom stereocenters. The van der Waals surface area contributed by atoms with Gasteiger partial charge >= 0.3 is 0 Å². The number of anilines is 2. The molecule has 110 valence electrons. The summed E-state index contributed by atoms with van der Waals surface area (Å²) in [7, 11) is 3.33. The molecular weight excluding hydrogens is 281 g/mol. The molecule has 0 aromatic heterocycles. The van der Waals surface area contributed by atoms with Crippen molar-refractivity contribution in [3.05, 3.63) is 59.4 Å². The number of nitrogens with one attached hydrogen (secondary N) is 1. The van der Waals surface area contributed by atoms with Crippen LogP contribution in [-0.4, -0.2) is 20.0 Å². The molecule has 6 heteroatoms. The Bertz CT molecular complexity index is 687. The predicted octanol–water partition coefficient (Wildman–Crippen LogP) is 3.42. The van der Waals surface area contributed by atoms with E-state index in [4.69, 9.17) is 0 Å². The van der Waals surface area contributed by atoms with E-state index in [1.807, 2.05) is 0 Å². The zero-order valence-corrected chi connectivity index (χ0v) is 11.5. The number of halogens is 3. The van der Waals surface area contributed by atoms with Crippen molar-refractivity contribution in [2.75, 3.05) is 24.3 Å². The Labute approximate surface area is 120 Å². The van der Waals surface area contributed by atoms with Gasteiger partial charge in [-0.15, -0.1) is 0 Å². The first-order valence-corrected chi connectivity index (χ1v) is 6.12. The van der Waals surface area contributed by atoms with E-state index < -0.39 is 23.4 Å². The van der Waals surface area contributed by atoms with Crippen LogP contribution in [0.5, 0.6) is 0 Å². The van der Waals surface area contributed by atoms with Crippen LogP contribution in [-0.2, 0) is 0 Å². The normalized spacial score (nSPS) is 10.3. The van der Waals surface area contributed by atoms with Gasteiger partial charge in [0, 0.05) is 25.7 Å². The van der Waals surface area contributed by atoms with Gasteiger partial charge in [-0.2, -0.15) is 0 Å². The highest BCUT2D eigenvalue weighted by Crippen LogP contribution is 2.20. The highest BCUT2D eigenvalue weighted by molar-refractivity contribution is 6.04. The topological polar surface area (TPSA) is 32.3 Å². The maximum atomic E-state index is 13.8. The lowest BCUT2D eigenvalue weighted by atomic mass is 10.1. The van der Waals surface area contributed by atoms with E-state index in [0.29, 0.717) is 5.69 Å². The van der Waals surface area contributed by atoms with E-state index in [9.17, 15) is 18.0 Å². The van der Waals surface area contributed by atoms with Gasteiger partial charge in [-0.25, -0.2) is 13.2 Å². The fourth-order valence-corrected chi connectivity index (χ4v) is 1.80. The Morgan fingerprint density at radius 2 is 1.71 bits per heavy atom. The molecule has 3 nitrogen and oxygen atoms in total. The van der Waals surface area contributed by atoms with Gasteiger partial charge in [-0.05, 0) is 30.3 Å². The van der Waals surface area contributed by atoms with Crippen molar-refractivity contribution in [2.45, 2.75) is 0 Å². The zero-order chi connectivity index (χ0) is 15.6. The molecule has 1 N–H and O–H groups in total. The van der Waals surface area contributed by atoms with E-state index in [0.717, 1.165) is 24.3 Å². The van der Waals surface area contributed by atoms with Gasteiger partial charge in [0.25, 0.3) is 5.91 Å². The summed E-state index contributed by atoms with van der Waals surface area (Å²) in [5, 5.41) is 2.21. The fourth-order valence-electron chi connectivity index (χ4n) is 1.80. The smallest absolute Gasteiger partial charge is 0.255 e. The van der Waals surface area contributed by atoms with Crippen LogP contribution in [0.1, 0.15) is 10.4 Å². The lowest BCUT2D eigenvalue weighted by molar-refractivity contribution is 0.102. The molecule has 0 fully saturated rings. The zero-order valence-electron chi connectivity index (χ0n) is 11.5. The van der Waals surface area contributed by atoms with Crippen molar-refractivity contribution >= 4 is 17.3 Å². The number of hydrogen-bond acceptors (Lipinski definition) is 2. The minimum Gasteiger partial charge on any atom is -0.375 e. The van der Waals surface area contributed by atoms with Gasteiger partial charge < -0.3 is 10.2 Å². The van der Waals surface area contributed by atoms with E-state index >= 15 is 0 Å². The first-order chi connectivity index (χ1) is 9.88. The second kappa shape index (κ2) is 5.87. The van der Waals surface area contributed by atoms with Gasteiger partial charge in [0.05, 0.1) is 11.4 Å². The lowest BCUT2D eigenvalue weighted by Crippen LogP contribution is -2.15. The Morgan fingerprint density at radius 1 is 1.00 bits per heavy atom. The molecule has 0 heterocycles. The summed E-state index contributed by atoms with van der Waals surface area (Å²) < 4.78 is 40.2. The molecule has 2 rings (SSSR count). The molecule has 0 saturated carbocycles. The molecule has 1 amide bonds. The summed E-state index contributed by atoms with van der Waals surface area (Å²) in [5.74, 6) is -2.74. The van der Waals surface area contributed by atoms with Gasteiger partial charge in [0.1, 0.15) is 17.5 Å². The number of amides is 1. The highest BCUT2D eigenvalue weighted by Gasteiger charge is 2.13. The molecule has 21 heavy (non-hydrogen) atoms. The minimum absolute atomic E-state index is 0.0155. The monoisotopic (exact) mass is 294 g/mol. The standard InChI is InChI=1S/C15H13F3N2O/c1-20(2)14-6-3-9(7-12(14)18)15(21)19-13-8-10(16)4-5-11(13)17/h3-8H,1-2H3,(H,19,21). The van der Waals surface area contributed by atoms with Crippen LogP contribution in [0.4, 0.5) is 24.5 Å². The van der Waals surface area contributed by atoms with Gasteiger partial charge in [-0.3, -0.25) is 4.79 Å². The van der Waals surface area contributed by atoms with Crippen LogP contribution in [0.25, 0.3) is 0 Å². The van der Waals surface area contributed by atoms with Crippen LogP contribution in [0.15, 0.2) is 36.4 Å². The van der Waals surface area contributed by atoms with Gasteiger partial charge in [0.15, 0.2) is 0 Å². The third kappa shape index (κ3) is 3.34. The Balaban J connectivity index is 2.24. The highest BCUT2D eigenvalue weighted by atomic mass is 19.1. The summed E-state index contributed by atoms with van der Waals surface area (Å²) in [6.45, 7) is 0. The minimum atomic E-state index is -0.768. The van der Waals surface area contributed by atoms with Gasteiger partial charge in [-0.1, -0.05) is 0 Å². The molecular formula is C15H13F3N2O. The molecule has 0 radical (unpaired) electrons.